The minimum Gasteiger partial charge on any atom is -0.480 e. The van der Waals surface area contributed by atoms with E-state index in [1.165, 1.54) is 17.0 Å². The molecule has 1 saturated carbocycles. The first kappa shape index (κ1) is 15.5. The van der Waals surface area contributed by atoms with Gasteiger partial charge in [0.2, 0.25) is 10.0 Å². The molecule has 0 aliphatic heterocycles. The van der Waals surface area contributed by atoms with Crippen molar-refractivity contribution in [3.05, 3.63) is 23.7 Å². The number of furan rings is 1. The van der Waals surface area contributed by atoms with Gasteiger partial charge in [-0.1, -0.05) is 0 Å². The molecule has 2 N–H and O–H groups in total. The predicted octanol–water partition coefficient (Wildman–Crippen LogP) is 0.0180. The molecule has 1 aromatic rings. The van der Waals surface area contributed by atoms with Gasteiger partial charge in [0, 0.05) is 6.04 Å². The van der Waals surface area contributed by atoms with Gasteiger partial charge in [-0.3, -0.25) is 9.59 Å². The zero-order valence-electron chi connectivity index (χ0n) is 11.4. The molecule has 1 fully saturated rings. The number of aliphatic carboxylic acids is 1. The highest BCUT2D eigenvalue weighted by atomic mass is 32.2. The summed E-state index contributed by atoms with van der Waals surface area (Å²) in [4.78, 5) is 24.3. The second-order valence-corrected chi connectivity index (χ2v) is 6.75. The van der Waals surface area contributed by atoms with E-state index in [9.17, 15) is 18.0 Å². The summed E-state index contributed by atoms with van der Waals surface area (Å²) < 4.78 is 29.5. The van der Waals surface area contributed by atoms with Gasteiger partial charge in [-0.15, -0.1) is 0 Å². The van der Waals surface area contributed by atoms with E-state index in [0.29, 0.717) is 0 Å². The van der Waals surface area contributed by atoms with Crippen molar-refractivity contribution in [2.75, 3.05) is 12.8 Å². The van der Waals surface area contributed by atoms with Crippen LogP contribution in [0.1, 0.15) is 29.2 Å². The van der Waals surface area contributed by atoms with Gasteiger partial charge in [-0.2, -0.15) is 0 Å². The number of hydrogen-bond donors (Lipinski definition) is 2. The summed E-state index contributed by atoms with van der Waals surface area (Å²) in [6.07, 6.45) is 2.58. The molecule has 1 amide bonds. The Labute approximate surface area is 121 Å². The lowest BCUT2D eigenvalue weighted by molar-refractivity contribution is -0.137. The molecule has 1 aliphatic rings. The normalized spacial score (nSPS) is 14.9. The van der Waals surface area contributed by atoms with Crippen LogP contribution < -0.4 is 4.72 Å². The molecule has 1 aromatic heterocycles. The molecule has 0 aromatic carbocycles. The predicted molar refractivity (Wildman–Crippen MR) is 72.1 cm³/mol. The van der Waals surface area contributed by atoms with Crippen LogP contribution in [-0.4, -0.2) is 49.1 Å². The van der Waals surface area contributed by atoms with E-state index in [1.54, 1.807) is 0 Å². The van der Waals surface area contributed by atoms with Crippen LogP contribution in [0.5, 0.6) is 0 Å². The third kappa shape index (κ3) is 4.57. The summed E-state index contributed by atoms with van der Waals surface area (Å²) >= 11 is 0. The van der Waals surface area contributed by atoms with E-state index >= 15 is 0 Å². The van der Waals surface area contributed by atoms with Gasteiger partial charge >= 0.3 is 5.97 Å². The Morgan fingerprint density at radius 2 is 2.10 bits per heavy atom. The third-order valence-corrected chi connectivity index (χ3v) is 3.60. The highest BCUT2D eigenvalue weighted by molar-refractivity contribution is 7.88. The quantitative estimate of drug-likeness (QED) is 0.732. The Morgan fingerprint density at radius 1 is 1.43 bits per heavy atom. The highest BCUT2D eigenvalue weighted by Gasteiger charge is 2.35. The topological polar surface area (TPSA) is 117 Å². The van der Waals surface area contributed by atoms with Crippen LogP contribution in [0.3, 0.4) is 0 Å². The Morgan fingerprint density at radius 3 is 2.62 bits per heavy atom. The van der Waals surface area contributed by atoms with Crippen molar-refractivity contribution in [2.24, 2.45) is 0 Å². The molecule has 1 heterocycles. The smallest absolute Gasteiger partial charge is 0.323 e. The number of rotatable bonds is 7. The largest absolute Gasteiger partial charge is 0.480 e. The third-order valence-electron chi connectivity index (χ3n) is 2.94. The van der Waals surface area contributed by atoms with Crippen molar-refractivity contribution in [3.8, 4) is 0 Å². The standard InChI is InChI=1S/C12H16N2O6S/c1-21(18,19)13-6-9-4-5-10(20-9)12(17)14(7-11(15)16)8-2-3-8/h4-5,8,13H,2-3,6-7H2,1H3,(H,15,16). The van der Waals surface area contributed by atoms with Gasteiger partial charge in [-0.05, 0) is 25.0 Å². The maximum absolute atomic E-state index is 12.2. The molecule has 0 spiro atoms. The Balaban J connectivity index is 2.05. The van der Waals surface area contributed by atoms with E-state index in [2.05, 4.69) is 4.72 Å². The minimum atomic E-state index is -3.35. The Kier molecular flexibility index (Phi) is 4.33. The van der Waals surface area contributed by atoms with Crippen LogP contribution in [0.2, 0.25) is 0 Å². The van der Waals surface area contributed by atoms with Crippen molar-refractivity contribution >= 4 is 21.9 Å². The second kappa shape index (κ2) is 5.86. The first-order chi connectivity index (χ1) is 9.76. The zero-order chi connectivity index (χ0) is 15.6. The lowest BCUT2D eigenvalue weighted by Crippen LogP contribution is -2.37. The van der Waals surface area contributed by atoms with Crippen molar-refractivity contribution < 1.29 is 27.5 Å². The van der Waals surface area contributed by atoms with E-state index in [4.69, 9.17) is 9.52 Å². The number of amides is 1. The van der Waals surface area contributed by atoms with Crippen molar-refractivity contribution in [3.63, 3.8) is 0 Å². The minimum absolute atomic E-state index is 0.00783. The fourth-order valence-corrected chi connectivity index (χ4v) is 2.23. The SMILES string of the molecule is CS(=O)(=O)NCc1ccc(C(=O)N(CC(=O)O)C2CC2)o1. The molecule has 21 heavy (non-hydrogen) atoms. The molecule has 0 saturated heterocycles. The molecular formula is C12H16N2O6S. The van der Waals surface area contributed by atoms with E-state index in [-0.39, 0.29) is 30.7 Å². The number of carbonyl (C=O) groups is 2. The average molecular weight is 316 g/mol. The van der Waals surface area contributed by atoms with Gasteiger partial charge in [-0.25, -0.2) is 13.1 Å². The average Bonchev–Trinajstić information content (AvgIpc) is 3.09. The molecule has 8 nitrogen and oxygen atoms in total. The molecular weight excluding hydrogens is 300 g/mol. The summed E-state index contributed by atoms with van der Waals surface area (Å²) in [6, 6.07) is 2.84. The van der Waals surface area contributed by atoms with Crippen LogP contribution in [-0.2, 0) is 21.4 Å². The first-order valence-corrected chi connectivity index (χ1v) is 8.21. The Bertz CT molecular complexity index is 646. The highest BCUT2D eigenvalue weighted by Crippen LogP contribution is 2.28. The van der Waals surface area contributed by atoms with E-state index in [1.807, 2.05) is 0 Å². The fraction of sp³-hybridized carbons (Fsp3) is 0.500. The lowest BCUT2D eigenvalue weighted by Gasteiger charge is -2.18. The van der Waals surface area contributed by atoms with Crippen molar-refractivity contribution in [1.82, 2.24) is 9.62 Å². The number of nitrogens with one attached hydrogen (secondary N) is 1. The molecule has 0 unspecified atom stereocenters. The summed E-state index contributed by atoms with van der Waals surface area (Å²) in [6.45, 7) is -0.435. The Hall–Kier alpha value is -1.87. The number of carbonyl (C=O) groups excluding carboxylic acids is 1. The van der Waals surface area contributed by atoms with E-state index < -0.39 is 21.9 Å². The molecule has 116 valence electrons. The van der Waals surface area contributed by atoms with E-state index in [0.717, 1.165) is 19.1 Å². The number of hydrogen-bond acceptors (Lipinski definition) is 5. The molecule has 0 radical (unpaired) electrons. The van der Waals surface area contributed by atoms with Gasteiger partial charge < -0.3 is 14.4 Å². The fourth-order valence-electron chi connectivity index (χ4n) is 1.83. The summed E-state index contributed by atoms with van der Waals surface area (Å²) in [5, 5.41) is 8.83. The molecule has 9 heteroatoms. The van der Waals surface area contributed by atoms with Gasteiger partial charge in [0.15, 0.2) is 5.76 Å². The van der Waals surface area contributed by atoms with Gasteiger partial charge in [0.1, 0.15) is 12.3 Å². The van der Waals surface area contributed by atoms with Gasteiger partial charge in [0.25, 0.3) is 5.91 Å². The second-order valence-electron chi connectivity index (χ2n) is 4.92. The zero-order valence-corrected chi connectivity index (χ0v) is 12.2. The number of carboxylic acids is 1. The number of nitrogens with zero attached hydrogens (tertiary/aromatic N) is 1. The molecule has 2 rings (SSSR count). The number of sulfonamides is 1. The molecule has 1 aliphatic carbocycles. The van der Waals surface area contributed by atoms with Crippen LogP contribution >= 0.6 is 0 Å². The maximum Gasteiger partial charge on any atom is 0.323 e. The molecule has 0 bridgehead atoms. The van der Waals surface area contributed by atoms with Crippen LogP contribution in [0.15, 0.2) is 16.5 Å². The van der Waals surface area contributed by atoms with Crippen LogP contribution in [0.25, 0.3) is 0 Å². The summed E-state index contributed by atoms with van der Waals surface area (Å²) in [5.74, 6) is -1.28. The monoisotopic (exact) mass is 316 g/mol. The molecule has 0 atom stereocenters. The first-order valence-electron chi connectivity index (χ1n) is 6.32. The van der Waals surface area contributed by atoms with Crippen LogP contribution in [0, 0.1) is 0 Å². The lowest BCUT2D eigenvalue weighted by atomic mass is 10.3. The van der Waals surface area contributed by atoms with Crippen LogP contribution in [0.4, 0.5) is 0 Å². The number of carboxylic acid groups (broad SMARTS) is 1. The van der Waals surface area contributed by atoms with Crippen molar-refractivity contribution in [2.45, 2.75) is 25.4 Å². The summed E-state index contributed by atoms with van der Waals surface area (Å²) in [7, 11) is -3.35. The maximum atomic E-state index is 12.2. The van der Waals surface area contributed by atoms with Gasteiger partial charge in [0.05, 0.1) is 12.8 Å². The van der Waals surface area contributed by atoms with Crippen molar-refractivity contribution in [1.29, 1.82) is 0 Å². The summed E-state index contributed by atoms with van der Waals surface area (Å²) in [5.41, 5.74) is 0.